The minimum absolute atomic E-state index is 0.390. The van der Waals surface area contributed by atoms with E-state index in [-0.39, 0.29) is 0 Å². The van der Waals surface area contributed by atoms with E-state index in [1.807, 2.05) is 0 Å². The van der Waals surface area contributed by atoms with E-state index in [9.17, 15) is 18.3 Å². The van der Waals surface area contributed by atoms with Crippen LogP contribution in [-0.4, -0.2) is 41.0 Å². The van der Waals surface area contributed by atoms with Crippen molar-refractivity contribution < 1.29 is 27.6 Å². The van der Waals surface area contributed by atoms with Gasteiger partial charge in [0.25, 0.3) is 10.1 Å². The number of esters is 1. The van der Waals surface area contributed by atoms with Crippen LogP contribution in [0.15, 0.2) is 0 Å². The smallest absolute Gasteiger partial charge is 0.310 e. The third-order valence-corrected chi connectivity index (χ3v) is 6.08. The van der Waals surface area contributed by atoms with Crippen molar-refractivity contribution in [3.63, 3.8) is 0 Å². The molecule has 120 valence electrons. The van der Waals surface area contributed by atoms with Crippen LogP contribution in [0.3, 0.4) is 0 Å². The van der Waals surface area contributed by atoms with E-state index in [2.05, 4.69) is 0 Å². The molecule has 0 amide bonds. The first-order valence-electron chi connectivity index (χ1n) is 7.49. The topological polar surface area (TPSA) is 101 Å². The molecule has 0 aliphatic heterocycles. The Morgan fingerprint density at radius 2 is 1.86 bits per heavy atom. The van der Waals surface area contributed by atoms with Gasteiger partial charge in [0.1, 0.15) is 5.60 Å². The quantitative estimate of drug-likeness (QED) is 0.595. The largest absolute Gasteiger partial charge is 0.459 e. The van der Waals surface area contributed by atoms with Gasteiger partial charge >= 0.3 is 5.97 Å². The van der Waals surface area contributed by atoms with Crippen LogP contribution in [0.4, 0.5) is 0 Å². The molecule has 4 bridgehead atoms. The molecule has 2 N–H and O–H groups in total. The fraction of sp³-hybridized carbons (Fsp3) is 0.929. The molecule has 0 aromatic heterocycles. The van der Waals surface area contributed by atoms with E-state index in [1.165, 1.54) is 6.92 Å². The molecule has 4 saturated carbocycles. The minimum Gasteiger partial charge on any atom is -0.459 e. The maximum absolute atomic E-state index is 12.1. The molecule has 4 rings (SSSR count). The van der Waals surface area contributed by atoms with Crippen molar-refractivity contribution in [2.75, 3.05) is 5.75 Å². The molecule has 0 radical (unpaired) electrons. The van der Waals surface area contributed by atoms with Crippen molar-refractivity contribution in [3.05, 3.63) is 0 Å². The molecule has 6 nitrogen and oxygen atoms in total. The number of hydrogen-bond donors (Lipinski definition) is 2. The summed E-state index contributed by atoms with van der Waals surface area (Å²) in [6, 6.07) is 0. The predicted octanol–water partition coefficient (Wildman–Crippen LogP) is 1.14. The van der Waals surface area contributed by atoms with Gasteiger partial charge in [-0.2, -0.15) is 8.42 Å². The molecule has 0 spiro atoms. The van der Waals surface area contributed by atoms with Gasteiger partial charge in [0, 0.05) is 6.42 Å². The van der Waals surface area contributed by atoms with Crippen LogP contribution in [0.5, 0.6) is 0 Å². The Bertz CT molecular complexity index is 540. The van der Waals surface area contributed by atoms with Gasteiger partial charge < -0.3 is 9.84 Å². The monoisotopic (exact) mass is 318 g/mol. The lowest BCUT2D eigenvalue weighted by Crippen LogP contribution is -2.60. The Morgan fingerprint density at radius 1 is 1.29 bits per heavy atom. The SMILES string of the molecule is CC(CS(=O)(=O)O)C(=O)OC12CC3CC(CC(O)(C3)C1)C2. The first-order valence-corrected chi connectivity index (χ1v) is 9.09. The molecule has 3 unspecified atom stereocenters. The van der Waals surface area contributed by atoms with Gasteiger partial charge in [-0.25, -0.2) is 0 Å². The van der Waals surface area contributed by atoms with Crippen molar-refractivity contribution >= 4 is 16.1 Å². The molecule has 0 heterocycles. The Labute approximate surface area is 124 Å². The maximum Gasteiger partial charge on any atom is 0.310 e. The second-order valence-corrected chi connectivity index (χ2v) is 8.94. The third kappa shape index (κ3) is 3.10. The number of hydrogen-bond acceptors (Lipinski definition) is 5. The normalized spacial score (nSPS) is 42.8. The molecule has 21 heavy (non-hydrogen) atoms. The minimum atomic E-state index is -4.20. The van der Waals surface area contributed by atoms with Crippen LogP contribution < -0.4 is 0 Å². The Morgan fingerprint density at radius 3 is 2.33 bits per heavy atom. The molecule has 3 atom stereocenters. The lowest BCUT2D eigenvalue weighted by atomic mass is 9.52. The lowest BCUT2D eigenvalue weighted by molar-refractivity contribution is -0.221. The first-order chi connectivity index (χ1) is 9.58. The van der Waals surface area contributed by atoms with Crippen LogP contribution in [0, 0.1) is 17.8 Å². The van der Waals surface area contributed by atoms with E-state index >= 15 is 0 Å². The van der Waals surface area contributed by atoms with Gasteiger partial charge in [-0.05, 0) is 43.9 Å². The first kappa shape index (κ1) is 15.2. The second kappa shape index (κ2) is 4.67. The summed E-state index contributed by atoms with van der Waals surface area (Å²) < 4.78 is 36.2. The van der Waals surface area contributed by atoms with Crippen LogP contribution >= 0.6 is 0 Å². The second-order valence-electron chi connectivity index (χ2n) is 7.44. The molecule has 0 aromatic rings. The van der Waals surface area contributed by atoms with Crippen LogP contribution in [0.25, 0.3) is 0 Å². The lowest BCUT2D eigenvalue weighted by Gasteiger charge is -2.59. The van der Waals surface area contributed by atoms with Gasteiger partial charge in [0.2, 0.25) is 0 Å². The molecule has 0 saturated heterocycles. The number of aliphatic hydroxyl groups is 1. The van der Waals surface area contributed by atoms with Crippen molar-refractivity contribution in [3.8, 4) is 0 Å². The van der Waals surface area contributed by atoms with Crippen LogP contribution in [-0.2, 0) is 19.6 Å². The average Bonchev–Trinajstić information content (AvgIpc) is 2.21. The predicted molar refractivity (Wildman–Crippen MR) is 74.0 cm³/mol. The van der Waals surface area contributed by atoms with Crippen LogP contribution in [0.1, 0.15) is 45.4 Å². The Kier molecular flexibility index (Phi) is 3.39. The summed E-state index contributed by atoms with van der Waals surface area (Å²) in [5.41, 5.74) is -1.36. The fourth-order valence-electron chi connectivity index (χ4n) is 4.95. The zero-order valence-corrected chi connectivity index (χ0v) is 12.9. The van der Waals surface area contributed by atoms with E-state index in [0.29, 0.717) is 18.3 Å². The molecule has 0 aromatic carbocycles. The highest BCUT2D eigenvalue weighted by Crippen LogP contribution is 2.58. The molecule has 7 heteroatoms. The van der Waals surface area contributed by atoms with Crippen molar-refractivity contribution in [2.45, 2.75) is 56.7 Å². The van der Waals surface area contributed by atoms with Gasteiger partial charge in [0.05, 0.1) is 17.3 Å². The van der Waals surface area contributed by atoms with E-state index < -0.39 is 39.0 Å². The molecular formula is C14H22O6S. The van der Waals surface area contributed by atoms with E-state index in [4.69, 9.17) is 9.29 Å². The summed E-state index contributed by atoms with van der Waals surface area (Å²) in [6.45, 7) is 1.44. The highest BCUT2D eigenvalue weighted by Gasteiger charge is 2.59. The van der Waals surface area contributed by atoms with E-state index in [1.54, 1.807) is 0 Å². The Balaban J connectivity index is 1.71. The van der Waals surface area contributed by atoms with Gasteiger partial charge in [0.15, 0.2) is 0 Å². The summed E-state index contributed by atoms with van der Waals surface area (Å²) in [4.78, 5) is 12.1. The standard InChI is InChI=1S/C14H22O6S/c1-9(7-21(17,18)19)12(15)20-14-5-10-2-11(6-14)4-13(16,3-10)8-14/h9-11,16H,2-8H2,1H3,(H,17,18,19). The van der Waals surface area contributed by atoms with Gasteiger partial charge in [-0.1, -0.05) is 6.92 Å². The number of ether oxygens (including phenoxy) is 1. The van der Waals surface area contributed by atoms with Gasteiger partial charge in [-0.3, -0.25) is 9.35 Å². The highest BCUT2D eigenvalue weighted by molar-refractivity contribution is 7.85. The maximum atomic E-state index is 12.1. The van der Waals surface area contributed by atoms with Crippen molar-refractivity contribution in [1.29, 1.82) is 0 Å². The summed E-state index contributed by atoms with van der Waals surface area (Å²) >= 11 is 0. The van der Waals surface area contributed by atoms with Gasteiger partial charge in [-0.15, -0.1) is 0 Å². The summed E-state index contributed by atoms with van der Waals surface area (Å²) in [6.07, 6.45) is 4.62. The molecule has 4 fully saturated rings. The fourth-order valence-corrected chi connectivity index (χ4v) is 5.72. The molecular weight excluding hydrogens is 296 g/mol. The van der Waals surface area contributed by atoms with E-state index in [0.717, 1.165) is 32.1 Å². The van der Waals surface area contributed by atoms with Crippen LogP contribution in [0.2, 0.25) is 0 Å². The highest BCUT2D eigenvalue weighted by atomic mass is 32.2. The van der Waals surface area contributed by atoms with Crippen molar-refractivity contribution in [2.24, 2.45) is 17.8 Å². The van der Waals surface area contributed by atoms with Crippen molar-refractivity contribution in [1.82, 2.24) is 0 Å². The number of carbonyl (C=O) groups is 1. The summed E-state index contributed by atoms with van der Waals surface area (Å²) in [7, 11) is -4.20. The molecule has 4 aliphatic rings. The number of carbonyl (C=O) groups excluding carboxylic acids is 1. The average molecular weight is 318 g/mol. The number of rotatable bonds is 4. The zero-order chi connectivity index (χ0) is 15.5. The summed E-state index contributed by atoms with van der Waals surface area (Å²) in [5.74, 6) is -1.35. The Hall–Kier alpha value is -0.660. The molecule has 4 aliphatic carbocycles. The third-order valence-electron chi connectivity index (χ3n) is 5.16. The zero-order valence-electron chi connectivity index (χ0n) is 12.1. The summed E-state index contributed by atoms with van der Waals surface area (Å²) in [5, 5.41) is 10.6.